The molecule has 0 unspecified atom stereocenters. The fourth-order valence-electron chi connectivity index (χ4n) is 3.11. The topological polar surface area (TPSA) is 92.8 Å². The first-order valence-corrected chi connectivity index (χ1v) is 9.56. The molecule has 0 saturated carbocycles. The number of amides is 3. The largest absolute Gasteiger partial charge is 0.449 e. The van der Waals surface area contributed by atoms with E-state index in [4.69, 9.17) is 4.74 Å². The summed E-state index contributed by atoms with van der Waals surface area (Å²) in [5, 5.41) is 2.73. The Labute approximate surface area is 174 Å². The normalized spacial score (nSPS) is 13.6. The molecule has 1 N–H and O–H groups in total. The predicted molar refractivity (Wildman–Crippen MR) is 110 cm³/mol. The molecule has 0 aromatic heterocycles. The number of carbonyl (C=O) groups is 4. The first kappa shape index (κ1) is 21.0. The number of imide groups is 1. The number of fused-ring (bicyclic) bond motifs is 1. The summed E-state index contributed by atoms with van der Waals surface area (Å²) < 4.78 is 5.22. The van der Waals surface area contributed by atoms with Crippen molar-refractivity contribution in [3.63, 3.8) is 0 Å². The molecule has 0 fully saturated rings. The summed E-state index contributed by atoms with van der Waals surface area (Å²) in [5.74, 6) is -2.08. The van der Waals surface area contributed by atoms with Crippen molar-refractivity contribution in [3.05, 3.63) is 83.4 Å². The molecule has 3 rings (SSSR count). The molecule has 0 radical (unpaired) electrons. The summed E-state index contributed by atoms with van der Waals surface area (Å²) in [6.45, 7) is 5.51. The van der Waals surface area contributed by atoms with Crippen LogP contribution in [0, 0.1) is 0 Å². The third-order valence-electron chi connectivity index (χ3n) is 4.73. The Balaban J connectivity index is 1.58. The van der Waals surface area contributed by atoms with Gasteiger partial charge in [-0.3, -0.25) is 19.3 Å². The van der Waals surface area contributed by atoms with Crippen LogP contribution in [0.25, 0.3) is 0 Å². The van der Waals surface area contributed by atoms with Crippen molar-refractivity contribution in [2.75, 3.05) is 13.1 Å². The molecule has 0 saturated heterocycles. The van der Waals surface area contributed by atoms with Crippen molar-refractivity contribution in [1.82, 2.24) is 10.2 Å². The molecule has 7 heteroatoms. The molecule has 2 aromatic carbocycles. The Morgan fingerprint density at radius 3 is 2.50 bits per heavy atom. The van der Waals surface area contributed by atoms with E-state index in [0.29, 0.717) is 13.0 Å². The average Bonchev–Trinajstić information content (AvgIpc) is 2.99. The number of rotatable bonds is 8. The maximum Gasteiger partial charge on any atom is 0.338 e. The summed E-state index contributed by atoms with van der Waals surface area (Å²) in [6.07, 6.45) is 1.11. The minimum Gasteiger partial charge on any atom is -0.449 e. The van der Waals surface area contributed by atoms with Crippen LogP contribution in [0.4, 0.5) is 0 Å². The lowest BCUT2D eigenvalue weighted by molar-refractivity contribution is -0.129. The van der Waals surface area contributed by atoms with Gasteiger partial charge in [0.15, 0.2) is 6.10 Å². The minimum atomic E-state index is -1.00. The van der Waals surface area contributed by atoms with Crippen LogP contribution in [0.1, 0.15) is 43.6 Å². The Kier molecular flexibility index (Phi) is 6.41. The van der Waals surface area contributed by atoms with Gasteiger partial charge in [-0.05, 0) is 37.1 Å². The predicted octanol–water partition coefficient (Wildman–Crippen LogP) is 2.37. The summed E-state index contributed by atoms with van der Waals surface area (Å²) in [6, 6.07) is 13.8. The smallest absolute Gasteiger partial charge is 0.338 e. The molecule has 0 aliphatic carbocycles. The fraction of sp³-hybridized carbons (Fsp3) is 0.217. The van der Waals surface area contributed by atoms with E-state index >= 15 is 0 Å². The van der Waals surface area contributed by atoms with Crippen LogP contribution in [0.5, 0.6) is 0 Å². The van der Waals surface area contributed by atoms with Crippen LogP contribution >= 0.6 is 0 Å². The van der Waals surface area contributed by atoms with Crippen molar-refractivity contribution in [3.8, 4) is 0 Å². The van der Waals surface area contributed by atoms with Crippen molar-refractivity contribution in [2.45, 2.75) is 19.4 Å². The van der Waals surface area contributed by atoms with Gasteiger partial charge in [0.05, 0.1) is 16.7 Å². The van der Waals surface area contributed by atoms with Gasteiger partial charge in [-0.15, -0.1) is 6.58 Å². The highest BCUT2D eigenvalue weighted by molar-refractivity contribution is 6.22. The highest BCUT2D eigenvalue weighted by Gasteiger charge is 2.35. The molecule has 0 spiro atoms. The minimum absolute atomic E-state index is 0.0896. The van der Waals surface area contributed by atoms with E-state index in [1.54, 1.807) is 0 Å². The highest BCUT2D eigenvalue weighted by atomic mass is 16.5. The monoisotopic (exact) mass is 406 g/mol. The van der Waals surface area contributed by atoms with Crippen LogP contribution < -0.4 is 5.32 Å². The van der Waals surface area contributed by atoms with Crippen LogP contribution in [0.3, 0.4) is 0 Å². The molecule has 0 bridgehead atoms. The summed E-state index contributed by atoms with van der Waals surface area (Å²) in [5.41, 5.74) is 1.55. The SMILES string of the molecule is C=CCN1C(=O)c2ccc(C(=O)O[C@H](C)C(=O)NCCc3ccccc3)cc2C1=O. The molecule has 30 heavy (non-hydrogen) atoms. The number of hydrogen-bond acceptors (Lipinski definition) is 5. The molecule has 1 atom stereocenters. The highest BCUT2D eigenvalue weighted by Crippen LogP contribution is 2.24. The number of benzene rings is 2. The van der Waals surface area contributed by atoms with Gasteiger partial charge >= 0.3 is 5.97 Å². The van der Waals surface area contributed by atoms with Crippen LogP contribution in [0.15, 0.2) is 61.2 Å². The number of ether oxygens (including phenoxy) is 1. The average molecular weight is 406 g/mol. The van der Waals surface area contributed by atoms with Gasteiger partial charge in [0.2, 0.25) is 0 Å². The van der Waals surface area contributed by atoms with Crippen molar-refractivity contribution < 1.29 is 23.9 Å². The van der Waals surface area contributed by atoms with Gasteiger partial charge in [-0.25, -0.2) is 4.79 Å². The van der Waals surface area contributed by atoms with Gasteiger partial charge in [-0.2, -0.15) is 0 Å². The van der Waals surface area contributed by atoms with Crippen molar-refractivity contribution in [2.24, 2.45) is 0 Å². The first-order chi connectivity index (χ1) is 14.4. The zero-order chi connectivity index (χ0) is 21.7. The van der Waals surface area contributed by atoms with Gasteiger partial charge in [0, 0.05) is 13.1 Å². The quantitative estimate of drug-likeness (QED) is 0.413. The van der Waals surface area contributed by atoms with Gasteiger partial charge in [-0.1, -0.05) is 36.4 Å². The third kappa shape index (κ3) is 4.46. The van der Waals surface area contributed by atoms with E-state index in [1.807, 2.05) is 30.3 Å². The lowest BCUT2D eigenvalue weighted by atomic mass is 10.1. The Bertz CT molecular complexity index is 1000. The molecule has 7 nitrogen and oxygen atoms in total. The third-order valence-corrected chi connectivity index (χ3v) is 4.73. The van der Waals surface area contributed by atoms with Crippen molar-refractivity contribution in [1.29, 1.82) is 0 Å². The van der Waals surface area contributed by atoms with E-state index in [0.717, 1.165) is 10.5 Å². The zero-order valence-electron chi connectivity index (χ0n) is 16.6. The number of nitrogens with zero attached hydrogens (tertiary/aromatic N) is 1. The number of nitrogens with one attached hydrogen (secondary N) is 1. The van der Waals surface area contributed by atoms with Gasteiger partial charge in [0.1, 0.15) is 0 Å². The van der Waals surface area contributed by atoms with Crippen molar-refractivity contribution >= 4 is 23.7 Å². The second-order valence-corrected chi connectivity index (χ2v) is 6.84. The summed E-state index contributed by atoms with van der Waals surface area (Å²) >= 11 is 0. The van der Waals surface area contributed by atoms with Crippen LogP contribution in [-0.2, 0) is 16.0 Å². The maximum absolute atomic E-state index is 12.4. The molecular formula is C23H22N2O5. The number of hydrogen-bond donors (Lipinski definition) is 1. The zero-order valence-corrected chi connectivity index (χ0v) is 16.6. The summed E-state index contributed by atoms with van der Waals surface area (Å²) in [7, 11) is 0. The second-order valence-electron chi connectivity index (χ2n) is 6.84. The van der Waals surface area contributed by atoms with Gasteiger partial charge in [0.25, 0.3) is 17.7 Å². The summed E-state index contributed by atoms with van der Waals surface area (Å²) in [4.78, 5) is 50.3. The maximum atomic E-state index is 12.4. The Morgan fingerprint density at radius 2 is 1.80 bits per heavy atom. The van der Waals surface area contributed by atoms with E-state index in [1.165, 1.54) is 31.2 Å². The Morgan fingerprint density at radius 1 is 1.10 bits per heavy atom. The van der Waals surface area contributed by atoms with Gasteiger partial charge < -0.3 is 10.1 Å². The number of carbonyl (C=O) groups excluding carboxylic acids is 4. The standard InChI is InChI=1S/C23H22N2O5/c1-3-13-25-21(27)18-10-9-17(14-19(18)22(25)28)23(29)30-15(2)20(26)24-12-11-16-7-5-4-6-8-16/h3-10,14-15H,1,11-13H2,2H3,(H,24,26)/t15-/m1/s1. The molecule has 154 valence electrons. The first-order valence-electron chi connectivity index (χ1n) is 9.56. The van der Waals surface area contributed by atoms with E-state index in [-0.39, 0.29) is 23.2 Å². The Hall–Kier alpha value is -3.74. The molecule has 1 aliphatic rings. The number of esters is 1. The van der Waals surface area contributed by atoms with Crippen LogP contribution in [0.2, 0.25) is 0 Å². The van der Waals surface area contributed by atoms with E-state index in [9.17, 15) is 19.2 Å². The second kappa shape index (κ2) is 9.17. The molecule has 1 aliphatic heterocycles. The lowest BCUT2D eigenvalue weighted by Crippen LogP contribution is -2.36. The molecular weight excluding hydrogens is 384 g/mol. The lowest BCUT2D eigenvalue weighted by Gasteiger charge is -2.14. The molecule has 3 amide bonds. The molecule has 1 heterocycles. The van der Waals surface area contributed by atoms with E-state index in [2.05, 4.69) is 11.9 Å². The molecule has 2 aromatic rings. The van der Waals surface area contributed by atoms with E-state index < -0.39 is 29.8 Å². The van der Waals surface area contributed by atoms with Crippen LogP contribution in [-0.4, -0.2) is 47.8 Å². The fourth-order valence-corrected chi connectivity index (χ4v) is 3.11.